The average molecular weight is 359 g/mol. The lowest BCUT2D eigenvalue weighted by molar-refractivity contribution is -0.136. The third-order valence-electron chi connectivity index (χ3n) is 5.08. The lowest BCUT2D eigenvalue weighted by Crippen LogP contribution is -2.52. The van der Waals surface area contributed by atoms with E-state index >= 15 is 0 Å². The molecule has 3 heterocycles. The molecule has 0 aromatic heterocycles. The first kappa shape index (κ1) is 16.6. The smallest absolute Gasteiger partial charge is 0.255 e. The summed E-state index contributed by atoms with van der Waals surface area (Å²) in [6.45, 7) is 2.57. The minimum absolute atomic E-state index is 0.108. The van der Waals surface area contributed by atoms with Crippen LogP contribution in [0, 0.1) is 0 Å². The second kappa shape index (κ2) is 6.80. The van der Waals surface area contributed by atoms with Crippen LogP contribution >= 0.6 is 11.8 Å². The summed E-state index contributed by atoms with van der Waals surface area (Å²) in [6, 6.07) is 5.44. The molecular weight excluding hydrogens is 338 g/mol. The Labute approximate surface area is 150 Å². The molecule has 0 bridgehead atoms. The Balaban J connectivity index is 1.49. The van der Waals surface area contributed by atoms with Crippen molar-refractivity contribution in [3.8, 4) is 0 Å². The summed E-state index contributed by atoms with van der Waals surface area (Å²) in [5.41, 5.74) is 1.66. The van der Waals surface area contributed by atoms with Gasteiger partial charge >= 0.3 is 0 Å². The number of rotatable bonds is 3. The highest BCUT2D eigenvalue weighted by molar-refractivity contribution is 8.00. The van der Waals surface area contributed by atoms with Crippen molar-refractivity contribution in [2.24, 2.45) is 0 Å². The van der Waals surface area contributed by atoms with Crippen molar-refractivity contribution in [3.05, 3.63) is 29.3 Å². The molecule has 0 aliphatic carbocycles. The van der Waals surface area contributed by atoms with Crippen molar-refractivity contribution in [2.45, 2.75) is 48.4 Å². The van der Waals surface area contributed by atoms with Crippen molar-refractivity contribution < 1.29 is 14.4 Å². The van der Waals surface area contributed by atoms with Gasteiger partial charge in [0.1, 0.15) is 6.04 Å². The number of hydrogen-bond acceptors (Lipinski definition) is 5. The van der Waals surface area contributed by atoms with Gasteiger partial charge in [0.05, 0.1) is 0 Å². The summed E-state index contributed by atoms with van der Waals surface area (Å²) in [5, 5.41) is 6.32. The van der Waals surface area contributed by atoms with Gasteiger partial charge in [-0.2, -0.15) is 0 Å². The van der Waals surface area contributed by atoms with Crippen molar-refractivity contribution in [3.63, 3.8) is 0 Å². The monoisotopic (exact) mass is 359 g/mol. The normalized spacial score (nSPS) is 24.4. The number of nitrogens with one attached hydrogen (secondary N) is 2. The molecule has 2 N–H and O–H groups in total. The zero-order valence-electron chi connectivity index (χ0n) is 13.9. The van der Waals surface area contributed by atoms with Crippen LogP contribution in [0.2, 0.25) is 0 Å². The zero-order chi connectivity index (χ0) is 17.4. The van der Waals surface area contributed by atoms with E-state index in [1.54, 1.807) is 4.90 Å². The van der Waals surface area contributed by atoms with Gasteiger partial charge in [-0.15, -0.1) is 11.8 Å². The van der Waals surface area contributed by atoms with Gasteiger partial charge in [-0.25, -0.2) is 0 Å². The molecule has 1 atom stereocenters. The van der Waals surface area contributed by atoms with Crippen LogP contribution in [-0.2, 0) is 16.1 Å². The van der Waals surface area contributed by atoms with Crippen molar-refractivity contribution in [1.29, 1.82) is 0 Å². The van der Waals surface area contributed by atoms with Gasteiger partial charge in [-0.05, 0) is 56.1 Å². The van der Waals surface area contributed by atoms with Gasteiger partial charge in [-0.1, -0.05) is 0 Å². The molecule has 132 valence electrons. The second-order valence-corrected chi connectivity index (χ2v) is 8.16. The Hall–Kier alpha value is -1.86. The summed E-state index contributed by atoms with van der Waals surface area (Å²) in [7, 11) is 0. The number of carbonyl (C=O) groups excluding carboxylic acids is 3. The van der Waals surface area contributed by atoms with E-state index in [0.29, 0.717) is 23.8 Å². The van der Waals surface area contributed by atoms with Gasteiger partial charge in [0.15, 0.2) is 0 Å². The Morgan fingerprint density at radius 3 is 2.64 bits per heavy atom. The third-order valence-corrected chi connectivity index (χ3v) is 6.41. The maximum absolute atomic E-state index is 12.7. The van der Waals surface area contributed by atoms with Crippen LogP contribution in [0.25, 0.3) is 0 Å². The van der Waals surface area contributed by atoms with Crippen LogP contribution in [0.4, 0.5) is 0 Å². The number of imide groups is 1. The fourth-order valence-electron chi connectivity index (χ4n) is 3.73. The summed E-state index contributed by atoms with van der Waals surface area (Å²) >= 11 is 1.88. The van der Waals surface area contributed by atoms with E-state index in [0.717, 1.165) is 31.5 Å². The Kier molecular flexibility index (Phi) is 4.52. The molecule has 0 spiro atoms. The van der Waals surface area contributed by atoms with Gasteiger partial charge in [0.25, 0.3) is 5.91 Å². The quantitative estimate of drug-likeness (QED) is 0.795. The lowest BCUT2D eigenvalue weighted by Gasteiger charge is -2.29. The molecule has 0 radical (unpaired) electrons. The van der Waals surface area contributed by atoms with Gasteiger partial charge in [0, 0.05) is 28.7 Å². The SMILES string of the molecule is O=C1CCC(N2Cc3cc(SC4CCNCC4)ccc3C2=O)C(=O)N1. The van der Waals surface area contributed by atoms with E-state index < -0.39 is 6.04 Å². The summed E-state index contributed by atoms with van der Waals surface area (Å²) in [5.74, 6) is -0.726. The summed E-state index contributed by atoms with van der Waals surface area (Å²) in [6.07, 6.45) is 3.00. The molecule has 2 fully saturated rings. The van der Waals surface area contributed by atoms with E-state index in [9.17, 15) is 14.4 Å². The Morgan fingerprint density at radius 2 is 1.88 bits per heavy atom. The van der Waals surface area contributed by atoms with E-state index in [2.05, 4.69) is 16.7 Å². The molecule has 25 heavy (non-hydrogen) atoms. The molecule has 1 aromatic rings. The maximum atomic E-state index is 12.7. The van der Waals surface area contributed by atoms with Gasteiger partial charge in [-0.3, -0.25) is 19.7 Å². The fourth-order valence-corrected chi connectivity index (χ4v) is 4.94. The van der Waals surface area contributed by atoms with E-state index in [4.69, 9.17) is 0 Å². The average Bonchev–Trinajstić information content (AvgIpc) is 2.92. The standard InChI is InChI=1S/C18H21N3O3S/c22-16-4-3-15(17(23)20-16)21-10-11-9-13(1-2-14(11)18(21)24)25-12-5-7-19-8-6-12/h1-2,9,12,15,19H,3-8,10H2,(H,20,22,23). The number of piperidine rings is 2. The van der Waals surface area contributed by atoms with Crippen LogP contribution in [0.15, 0.2) is 23.1 Å². The largest absolute Gasteiger partial charge is 0.322 e. The number of benzene rings is 1. The first-order valence-electron chi connectivity index (χ1n) is 8.77. The van der Waals surface area contributed by atoms with E-state index in [1.807, 2.05) is 23.9 Å². The zero-order valence-corrected chi connectivity index (χ0v) is 14.7. The van der Waals surface area contributed by atoms with Crippen molar-refractivity contribution in [2.75, 3.05) is 13.1 Å². The molecule has 1 aromatic carbocycles. The molecule has 1 unspecified atom stereocenters. The predicted octanol–water partition coefficient (Wildman–Crippen LogP) is 1.29. The van der Waals surface area contributed by atoms with Crippen LogP contribution in [0.3, 0.4) is 0 Å². The molecule has 3 aliphatic rings. The predicted molar refractivity (Wildman–Crippen MR) is 94.2 cm³/mol. The van der Waals surface area contributed by atoms with Crippen LogP contribution < -0.4 is 10.6 Å². The molecule has 6 nitrogen and oxygen atoms in total. The number of thioether (sulfide) groups is 1. The highest BCUT2D eigenvalue weighted by atomic mass is 32.2. The fraction of sp³-hybridized carbons (Fsp3) is 0.500. The van der Waals surface area contributed by atoms with Crippen LogP contribution in [0.5, 0.6) is 0 Å². The molecule has 0 saturated carbocycles. The third kappa shape index (κ3) is 3.30. The van der Waals surface area contributed by atoms with Gasteiger partial charge in [0.2, 0.25) is 11.8 Å². The highest BCUT2D eigenvalue weighted by Gasteiger charge is 2.39. The summed E-state index contributed by atoms with van der Waals surface area (Å²) in [4.78, 5) is 38.9. The first-order chi connectivity index (χ1) is 12.1. The molecule has 4 rings (SSSR count). The topological polar surface area (TPSA) is 78.5 Å². The number of nitrogens with zero attached hydrogens (tertiary/aromatic N) is 1. The molecule has 7 heteroatoms. The number of hydrogen-bond donors (Lipinski definition) is 2. The van der Waals surface area contributed by atoms with Gasteiger partial charge < -0.3 is 10.2 Å². The number of amides is 3. The first-order valence-corrected chi connectivity index (χ1v) is 9.65. The van der Waals surface area contributed by atoms with E-state index in [-0.39, 0.29) is 24.1 Å². The molecule has 2 saturated heterocycles. The molecule has 3 aliphatic heterocycles. The highest BCUT2D eigenvalue weighted by Crippen LogP contribution is 2.34. The second-order valence-electron chi connectivity index (χ2n) is 6.79. The number of fused-ring (bicyclic) bond motifs is 1. The summed E-state index contributed by atoms with van der Waals surface area (Å²) < 4.78 is 0. The minimum Gasteiger partial charge on any atom is -0.322 e. The minimum atomic E-state index is -0.543. The van der Waals surface area contributed by atoms with Crippen molar-refractivity contribution >= 4 is 29.5 Å². The van der Waals surface area contributed by atoms with Crippen LogP contribution in [0.1, 0.15) is 41.6 Å². The molecular formula is C18H21N3O3S. The lowest BCUT2D eigenvalue weighted by atomic mass is 10.0. The van der Waals surface area contributed by atoms with Crippen molar-refractivity contribution in [1.82, 2.24) is 15.5 Å². The maximum Gasteiger partial charge on any atom is 0.255 e. The Bertz CT molecular complexity index is 730. The van der Waals surface area contributed by atoms with Crippen LogP contribution in [-0.4, -0.2) is 47.0 Å². The number of carbonyl (C=O) groups is 3. The molecule has 3 amide bonds. The van der Waals surface area contributed by atoms with E-state index in [1.165, 1.54) is 4.90 Å². The Morgan fingerprint density at radius 1 is 1.08 bits per heavy atom.